The Labute approximate surface area is 138 Å². The van der Waals surface area contributed by atoms with Crippen LogP contribution < -0.4 is 11.1 Å². The average molecular weight is 321 g/mol. The number of rotatable bonds is 5. The molecule has 0 aliphatic rings. The first-order chi connectivity index (χ1) is 9.99. The molecule has 22 heavy (non-hydrogen) atoms. The second kappa shape index (κ2) is 8.16. The van der Waals surface area contributed by atoms with Gasteiger partial charge in [-0.3, -0.25) is 4.79 Å². The highest BCUT2D eigenvalue weighted by Crippen LogP contribution is 2.24. The van der Waals surface area contributed by atoms with Crippen molar-refractivity contribution in [2.75, 3.05) is 0 Å². The van der Waals surface area contributed by atoms with Crippen molar-refractivity contribution in [3.63, 3.8) is 0 Å². The van der Waals surface area contributed by atoms with Crippen LogP contribution in [0.2, 0.25) is 0 Å². The zero-order chi connectivity index (χ0) is 15.4. The molecule has 2 aromatic rings. The number of nitrogens with two attached hydrogens (primary N) is 1. The zero-order valence-corrected chi connectivity index (χ0v) is 14.2. The van der Waals surface area contributed by atoms with Crippen LogP contribution in [-0.4, -0.2) is 11.9 Å². The highest BCUT2D eigenvalue weighted by Gasteiger charge is 2.18. The first-order valence-corrected chi connectivity index (χ1v) is 7.52. The number of fused-ring (bicyclic) bond motifs is 1. The molecule has 4 heteroatoms. The molecular weight excluding hydrogens is 296 g/mol. The summed E-state index contributed by atoms with van der Waals surface area (Å²) in [6, 6.07) is 13.9. The maximum atomic E-state index is 12.2. The number of amides is 1. The number of halogens is 1. The SMILES string of the molecule is CC(C)C[C@H](N)C(=O)NC(C)c1cccc2ccccc12.Cl. The molecule has 0 spiro atoms. The lowest BCUT2D eigenvalue weighted by Gasteiger charge is -2.20. The Kier molecular flexibility index (Phi) is 6.85. The fourth-order valence-electron chi connectivity index (χ4n) is 2.64. The van der Waals surface area contributed by atoms with Gasteiger partial charge in [0.25, 0.3) is 0 Å². The lowest BCUT2D eigenvalue weighted by Crippen LogP contribution is -2.42. The van der Waals surface area contributed by atoms with Crippen LogP contribution in [0, 0.1) is 5.92 Å². The molecule has 0 fully saturated rings. The van der Waals surface area contributed by atoms with Crippen molar-refractivity contribution in [3.05, 3.63) is 48.0 Å². The van der Waals surface area contributed by atoms with Crippen LogP contribution in [0.15, 0.2) is 42.5 Å². The normalized spacial score (nSPS) is 13.5. The molecule has 3 N–H and O–H groups in total. The van der Waals surface area contributed by atoms with Gasteiger partial charge in [0, 0.05) is 0 Å². The van der Waals surface area contributed by atoms with E-state index in [0.29, 0.717) is 12.3 Å². The Morgan fingerprint density at radius 3 is 2.41 bits per heavy atom. The third kappa shape index (κ3) is 4.46. The van der Waals surface area contributed by atoms with E-state index in [0.717, 1.165) is 5.56 Å². The van der Waals surface area contributed by atoms with E-state index in [-0.39, 0.29) is 24.4 Å². The summed E-state index contributed by atoms with van der Waals surface area (Å²) < 4.78 is 0. The molecule has 2 rings (SSSR count). The number of hydrogen-bond acceptors (Lipinski definition) is 2. The Hall–Kier alpha value is -1.58. The predicted molar refractivity (Wildman–Crippen MR) is 95.2 cm³/mol. The van der Waals surface area contributed by atoms with E-state index in [2.05, 4.69) is 43.4 Å². The number of benzene rings is 2. The van der Waals surface area contributed by atoms with E-state index < -0.39 is 6.04 Å². The summed E-state index contributed by atoms with van der Waals surface area (Å²) >= 11 is 0. The molecule has 0 bridgehead atoms. The quantitative estimate of drug-likeness (QED) is 0.880. The van der Waals surface area contributed by atoms with Gasteiger partial charge in [-0.2, -0.15) is 0 Å². The molecule has 1 unspecified atom stereocenters. The summed E-state index contributed by atoms with van der Waals surface area (Å²) in [4.78, 5) is 12.2. The fraction of sp³-hybridized carbons (Fsp3) is 0.389. The van der Waals surface area contributed by atoms with E-state index in [1.54, 1.807) is 0 Å². The minimum absolute atomic E-state index is 0. The summed E-state index contributed by atoms with van der Waals surface area (Å²) in [5, 5.41) is 5.38. The fourth-order valence-corrected chi connectivity index (χ4v) is 2.64. The van der Waals surface area contributed by atoms with E-state index in [1.165, 1.54) is 10.8 Å². The zero-order valence-electron chi connectivity index (χ0n) is 13.4. The Balaban J connectivity index is 0.00000242. The van der Waals surface area contributed by atoms with Gasteiger partial charge in [-0.1, -0.05) is 56.3 Å². The van der Waals surface area contributed by atoms with Crippen LogP contribution in [0.5, 0.6) is 0 Å². The van der Waals surface area contributed by atoms with Gasteiger partial charge >= 0.3 is 0 Å². The number of carbonyl (C=O) groups is 1. The lowest BCUT2D eigenvalue weighted by molar-refractivity contribution is -0.123. The molecule has 1 amide bonds. The standard InChI is InChI=1S/C18H24N2O.ClH/c1-12(2)11-17(19)18(21)20-13(3)15-10-6-8-14-7-4-5-9-16(14)15;/h4-10,12-13,17H,11,19H2,1-3H3,(H,20,21);1H/t13?,17-;/m0./s1. The first kappa shape index (κ1) is 18.5. The van der Waals surface area contributed by atoms with Crippen LogP contribution in [0.4, 0.5) is 0 Å². The average Bonchev–Trinajstić information content (AvgIpc) is 2.45. The minimum atomic E-state index is -0.442. The van der Waals surface area contributed by atoms with E-state index in [4.69, 9.17) is 5.73 Å². The molecule has 0 saturated heterocycles. The van der Waals surface area contributed by atoms with Gasteiger partial charge in [-0.25, -0.2) is 0 Å². The van der Waals surface area contributed by atoms with Gasteiger partial charge in [0.05, 0.1) is 12.1 Å². The van der Waals surface area contributed by atoms with Crippen LogP contribution in [0.25, 0.3) is 10.8 Å². The van der Waals surface area contributed by atoms with Gasteiger partial charge in [0.15, 0.2) is 0 Å². The van der Waals surface area contributed by atoms with Crippen molar-refractivity contribution >= 4 is 29.1 Å². The van der Waals surface area contributed by atoms with Crippen molar-refractivity contribution in [2.45, 2.75) is 39.3 Å². The summed E-state index contributed by atoms with van der Waals surface area (Å²) in [7, 11) is 0. The molecule has 0 aliphatic heterocycles. The van der Waals surface area contributed by atoms with E-state index >= 15 is 0 Å². The number of carbonyl (C=O) groups excluding carboxylic acids is 1. The Morgan fingerprint density at radius 2 is 1.73 bits per heavy atom. The summed E-state index contributed by atoms with van der Waals surface area (Å²) in [6.45, 7) is 6.14. The van der Waals surface area contributed by atoms with Gasteiger partial charge < -0.3 is 11.1 Å². The molecule has 0 aromatic heterocycles. The van der Waals surface area contributed by atoms with Gasteiger partial charge in [-0.15, -0.1) is 12.4 Å². The van der Waals surface area contributed by atoms with Crippen LogP contribution in [0.1, 0.15) is 38.8 Å². The Morgan fingerprint density at radius 1 is 1.09 bits per heavy atom. The molecule has 0 aliphatic carbocycles. The van der Waals surface area contributed by atoms with E-state index in [1.807, 2.05) is 25.1 Å². The predicted octanol–water partition coefficient (Wildman–Crippen LogP) is 3.81. The van der Waals surface area contributed by atoms with Gasteiger partial charge in [0.1, 0.15) is 0 Å². The Bertz CT molecular complexity index is 622. The van der Waals surface area contributed by atoms with Crippen LogP contribution in [0.3, 0.4) is 0 Å². The summed E-state index contributed by atoms with van der Waals surface area (Å²) in [5.41, 5.74) is 7.07. The maximum absolute atomic E-state index is 12.2. The molecule has 2 aromatic carbocycles. The summed E-state index contributed by atoms with van der Waals surface area (Å²) in [5.74, 6) is 0.336. The first-order valence-electron chi connectivity index (χ1n) is 7.52. The second-order valence-electron chi connectivity index (χ2n) is 6.03. The third-order valence-electron chi connectivity index (χ3n) is 3.71. The maximum Gasteiger partial charge on any atom is 0.237 e. The van der Waals surface area contributed by atoms with E-state index in [9.17, 15) is 4.79 Å². The number of nitrogens with one attached hydrogen (secondary N) is 1. The molecule has 0 saturated carbocycles. The third-order valence-corrected chi connectivity index (χ3v) is 3.71. The molecule has 2 atom stereocenters. The highest BCUT2D eigenvalue weighted by molar-refractivity contribution is 5.87. The molecule has 3 nitrogen and oxygen atoms in total. The lowest BCUT2D eigenvalue weighted by atomic mass is 9.99. The summed E-state index contributed by atoms with van der Waals surface area (Å²) in [6.07, 6.45) is 0.702. The highest BCUT2D eigenvalue weighted by atomic mass is 35.5. The minimum Gasteiger partial charge on any atom is -0.348 e. The largest absolute Gasteiger partial charge is 0.348 e. The monoisotopic (exact) mass is 320 g/mol. The van der Waals surface area contributed by atoms with Crippen molar-refractivity contribution in [1.29, 1.82) is 0 Å². The van der Waals surface area contributed by atoms with Gasteiger partial charge in [-0.05, 0) is 35.6 Å². The molecule has 0 heterocycles. The topological polar surface area (TPSA) is 55.1 Å². The van der Waals surface area contributed by atoms with Crippen molar-refractivity contribution in [1.82, 2.24) is 5.32 Å². The second-order valence-corrected chi connectivity index (χ2v) is 6.03. The van der Waals surface area contributed by atoms with Crippen LogP contribution >= 0.6 is 12.4 Å². The number of hydrogen-bond donors (Lipinski definition) is 2. The van der Waals surface area contributed by atoms with Crippen molar-refractivity contribution < 1.29 is 4.79 Å². The van der Waals surface area contributed by atoms with Crippen molar-refractivity contribution in [3.8, 4) is 0 Å². The molecule has 0 radical (unpaired) electrons. The van der Waals surface area contributed by atoms with Gasteiger partial charge in [0.2, 0.25) is 5.91 Å². The van der Waals surface area contributed by atoms with Crippen molar-refractivity contribution in [2.24, 2.45) is 11.7 Å². The van der Waals surface area contributed by atoms with Crippen LogP contribution in [-0.2, 0) is 4.79 Å². The molecular formula is C18H25ClN2O. The molecule has 120 valence electrons. The smallest absolute Gasteiger partial charge is 0.237 e.